The number of ketones is 1. The van der Waals surface area contributed by atoms with Crippen LogP contribution >= 0.6 is 0 Å². The van der Waals surface area contributed by atoms with Crippen molar-refractivity contribution in [2.45, 2.75) is 25.4 Å². The van der Waals surface area contributed by atoms with Crippen LogP contribution in [0, 0.1) is 0 Å². The Morgan fingerprint density at radius 3 is 2.41 bits per heavy atom. The van der Waals surface area contributed by atoms with Crippen molar-refractivity contribution < 1.29 is 19.4 Å². The first-order valence-corrected chi connectivity index (χ1v) is 5.36. The highest BCUT2D eigenvalue weighted by Crippen LogP contribution is 2.19. The fourth-order valence-corrected chi connectivity index (χ4v) is 1.46. The van der Waals surface area contributed by atoms with E-state index in [0.717, 1.165) is 0 Å². The van der Waals surface area contributed by atoms with Crippen molar-refractivity contribution >= 4 is 11.8 Å². The quantitative estimate of drug-likeness (QED) is 0.622. The molecule has 1 aromatic carbocycles. The van der Waals surface area contributed by atoms with E-state index in [-0.39, 0.29) is 18.6 Å². The molecular formula is C13H16O4. The third-order valence-corrected chi connectivity index (χ3v) is 2.57. The van der Waals surface area contributed by atoms with Gasteiger partial charge >= 0.3 is 5.97 Å². The molecule has 0 bridgehead atoms. The van der Waals surface area contributed by atoms with E-state index >= 15 is 0 Å². The lowest BCUT2D eigenvalue weighted by Gasteiger charge is -2.21. The van der Waals surface area contributed by atoms with Crippen LogP contribution in [0.5, 0.6) is 0 Å². The van der Waals surface area contributed by atoms with Gasteiger partial charge in [0.05, 0.1) is 7.11 Å². The predicted octanol–water partition coefficient (Wildman–Crippen LogP) is 1.57. The van der Waals surface area contributed by atoms with Gasteiger partial charge in [0, 0.05) is 12.0 Å². The first-order chi connectivity index (χ1) is 7.97. The van der Waals surface area contributed by atoms with Crippen LogP contribution in [0.25, 0.3) is 0 Å². The zero-order valence-corrected chi connectivity index (χ0v) is 9.97. The number of Topliss-reactive ketones (excluding diaryl/α,β-unsaturated/α-hetero) is 1. The Balaban J connectivity index is 2.70. The van der Waals surface area contributed by atoms with E-state index < -0.39 is 11.6 Å². The molecule has 0 aliphatic rings. The maximum absolute atomic E-state index is 12.0. The lowest BCUT2D eigenvalue weighted by molar-refractivity contribution is -0.141. The van der Waals surface area contributed by atoms with Gasteiger partial charge in [0.25, 0.3) is 0 Å². The van der Waals surface area contributed by atoms with Gasteiger partial charge in [0.15, 0.2) is 5.78 Å². The van der Waals surface area contributed by atoms with Gasteiger partial charge in [-0.2, -0.15) is 0 Å². The molecule has 0 aromatic heterocycles. The van der Waals surface area contributed by atoms with Gasteiger partial charge < -0.3 is 9.84 Å². The van der Waals surface area contributed by atoms with Crippen LogP contribution in [-0.2, 0) is 9.53 Å². The van der Waals surface area contributed by atoms with Crippen LogP contribution in [0.2, 0.25) is 0 Å². The van der Waals surface area contributed by atoms with Gasteiger partial charge in [0.2, 0.25) is 0 Å². The maximum Gasteiger partial charge on any atom is 0.305 e. The molecule has 0 saturated heterocycles. The van der Waals surface area contributed by atoms with Crippen LogP contribution in [0.15, 0.2) is 30.3 Å². The average Bonchev–Trinajstić information content (AvgIpc) is 2.36. The predicted molar refractivity (Wildman–Crippen MR) is 62.6 cm³/mol. The van der Waals surface area contributed by atoms with E-state index in [0.29, 0.717) is 5.56 Å². The summed E-state index contributed by atoms with van der Waals surface area (Å²) in [5.41, 5.74) is -1.11. The number of aliphatic hydroxyl groups is 1. The Hall–Kier alpha value is -1.68. The molecule has 0 aliphatic carbocycles. The zero-order valence-electron chi connectivity index (χ0n) is 9.97. The van der Waals surface area contributed by atoms with Crippen LogP contribution in [0.1, 0.15) is 30.1 Å². The molecule has 1 atom stereocenters. The van der Waals surface area contributed by atoms with Gasteiger partial charge in [-0.05, 0) is 13.3 Å². The number of methoxy groups -OCH3 is 1. The highest BCUT2D eigenvalue weighted by Gasteiger charge is 2.31. The zero-order chi connectivity index (χ0) is 12.9. The topological polar surface area (TPSA) is 63.6 Å². The largest absolute Gasteiger partial charge is 0.469 e. The first kappa shape index (κ1) is 13.4. The van der Waals surface area contributed by atoms with Crippen LogP contribution < -0.4 is 0 Å². The molecule has 1 rings (SSSR count). The molecule has 0 fully saturated rings. The van der Waals surface area contributed by atoms with Gasteiger partial charge in [0.1, 0.15) is 5.60 Å². The molecule has 1 aromatic rings. The highest BCUT2D eigenvalue weighted by molar-refractivity contribution is 6.02. The fraction of sp³-hybridized carbons (Fsp3) is 0.385. The Labute approximate surface area is 100 Å². The molecule has 0 heterocycles. The Kier molecular flexibility index (Phi) is 4.40. The minimum absolute atomic E-state index is 0.0159. The second-order valence-corrected chi connectivity index (χ2v) is 4.05. The van der Waals surface area contributed by atoms with Crippen molar-refractivity contribution in [1.29, 1.82) is 0 Å². The Morgan fingerprint density at radius 1 is 1.29 bits per heavy atom. The molecule has 0 amide bonds. The number of rotatable bonds is 5. The number of hydrogen-bond acceptors (Lipinski definition) is 4. The molecule has 1 N–H and O–H groups in total. The molecule has 0 saturated carbocycles. The molecule has 0 radical (unpaired) electrons. The Morgan fingerprint density at radius 2 is 1.88 bits per heavy atom. The molecule has 17 heavy (non-hydrogen) atoms. The van der Waals surface area contributed by atoms with Crippen LogP contribution in [0.4, 0.5) is 0 Å². The maximum atomic E-state index is 12.0. The SMILES string of the molecule is COC(=O)CCC(C)(O)C(=O)c1ccccc1. The minimum atomic E-state index is -1.55. The van der Waals surface area contributed by atoms with Gasteiger partial charge in [-0.25, -0.2) is 0 Å². The summed E-state index contributed by atoms with van der Waals surface area (Å²) in [7, 11) is 1.27. The van der Waals surface area contributed by atoms with Gasteiger partial charge in [-0.15, -0.1) is 0 Å². The summed E-state index contributed by atoms with van der Waals surface area (Å²) in [5.74, 6) is -0.826. The summed E-state index contributed by atoms with van der Waals surface area (Å²) in [6.07, 6.45) is 0.0650. The van der Waals surface area contributed by atoms with E-state index in [1.807, 2.05) is 0 Å². The summed E-state index contributed by atoms with van der Waals surface area (Å²) in [5, 5.41) is 10.0. The summed E-state index contributed by atoms with van der Waals surface area (Å²) >= 11 is 0. The van der Waals surface area contributed by atoms with Crippen molar-refractivity contribution in [2.75, 3.05) is 7.11 Å². The molecule has 1 unspecified atom stereocenters. The molecule has 0 spiro atoms. The lowest BCUT2D eigenvalue weighted by Crippen LogP contribution is -2.35. The summed E-state index contributed by atoms with van der Waals surface area (Å²) < 4.78 is 4.47. The van der Waals surface area contributed by atoms with E-state index in [2.05, 4.69) is 4.74 Å². The molecule has 92 valence electrons. The second-order valence-electron chi connectivity index (χ2n) is 4.05. The number of carbonyl (C=O) groups is 2. The monoisotopic (exact) mass is 236 g/mol. The standard InChI is InChI=1S/C13H16O4/c1-13(16,9-8-11(14)17-2)12(15)10-6-4-3-5-7-10/h3-7,16H,8-9H2,1-2H3. The smallest absolute Gasteiger partial charge is 0.305 e. The summed E-state index contributed by atoms with van der Waals surface area (Å²) in [6, 6.07) is 8.51. The van der Waals surface area contributed by atoms with Crippen molar-refractivity contribution in [3.8, 4) is 0 Å². The van der Waals surface area contributed by atoms with E-state index in [4.69, 9.17) is 0 Å². The van der Waals surface area contributed by atoms with Crippen molar-refractivity contribution in [2.24, 2.45) is 0 Å². The molecule has 4 nitrogen and oxygen atoms in total. The number of benzene rings is 1. The lowest BCUT2D eigenvalue weighted by atomic mass is 9.90. The third-order valence-electron chi connectivity index (χ3n) is 2.57. The first-order valence-electron chi connectivity index (χ1n) is 5.36. The summed E-state index contributed by atoms with van der Waals surface area (Å²) in [4.78, 5) is 22.9. The van der Waals surface area contributed by atoms with Gasteiger partial charge in [-0.3, -0.25) is 9.59 Å². The second kappa shape index (κ2) is 5.59. The van der Waals surface area contributed by atoms with Crippen molar-refractivity contribution in [1.82, 2.24) is 0 Å². The average molecular weight is 236 g/mol. The normalized spacial score (nSPS) is 13.8. The van der Waals surface area contributed by atoms with E-state index in [1.165, 1.54) is 14.0 Å². The molecule has 0 aliphatic heterocycles. The minimum Gasteiger partial charge on any atom is -0.469 e. The molecular weight excluding hydrogens is 220 g/mol. The number of esters is 1. The highest BCUT2D eigenvalue weighted by atomic mass is 16.5. The van der Waals surface area contributed by atoms with E-state index in [9.17, 15) is 14.7 Å². The van der Waals surface area contributed by atoms with Crippen LogP contribution in [0.3, 0.4) is 0 Å². The van der Waals surface area contributed by atoms with Crippen molar-refractivity contribution in [3.05, 3.63) is 35.9 Å². The molecule has 4 heteroatoms. The van der Waals surface area contributed by atoms with Gasteiger partial charge in [-0.1, -0.05) is 30.3 Å². The van der Waals surface area contributed by atoms with Crippen LogP contribution in [-0.4, -0.2) is 29.6 Å². The number of ether oxygens (including phenoxy) is 1. The van der Waals surface area contributed by atoms with E-state index in [1.54, 1.807) is 30.3 Å². The fourth-order valence-electron chi connectivity index (χ4n) is 1.46. The number of carbonyl (C=O) groups excluding carboxylic acids is 2. The Bertz CT molecular complexity index is 395. The third kappa shape index (κ3) is 3.67. The summed E-state index contributed by atoms with van der Waals surface area (Å²) in [6.45, 7) is 1.41. The number of hydrogen-bond donors (Lipinski definition) is 1. The van der Waals surface area contributed by atoms with Crippen molar-refractivity contribution in [3.63, 3.8) is 0 Å².